The molecule has 1 aromatic carbocycles. The fourth-order valence-electron chi connectivity index (χ4n) is 2.88. The van der Waals surface area contributed by atoms with Crippen LogP contribution in [0.15, 0.2) is 29.3 Å². The Morgan fingerprint density at radius 2 is 1.92 bits per heavy atom. The highest BCUT2D eigenvalue weighted by molar-refractivity contribution is 5.80. The zero-order chi connectivity index (χ0) is 18.1. The summed E-state index contributed by atoms with van der Waals surface area (Å²) < 4.78 is 5.64. The first-order valence-corrected chi connectivity index (χ1v) is 9.18. The quantitative estimate of drug-likeness (QED) is 0.449. The first-order valence-electron chi connectivity index (χ1n) is 9.18. The maximum Gasteiger partial charge on any atom is 0.193 e. The number of piperazine rings is 1. The minimum absolute atomic E-state index is 0.344. The summed E-state index contributed by atoms with van der Waals surface area (Å²) in [7, 11) is 1.82. The molecule has 0 radical (unpaired) electrons. The molecule has 1 aliphatic rings. The van der Waals surface area contributed by atoms with E-state index in [1.54, 1.807) is 6.07 Å². The number of hydrogen-bond acceptors (Lipinski definition) is 4. The second kappa shape index (κ2) is 10.1. The SMILES string of the molecule is CN=C(NCCOCCC(C)C)N1CCN(c2ccccc2O)CC1. The Morgan fingerprint density at radius 1 is 1.20 bits per heavy atom. The van der Waals surface area contributed by atoms with Gasteiger partial charge in [0.25, 0.3) is 0 Å². The largest absolute Gasteiger partial charge is 0.506 e. The number of ether oxygens (including phenoxy) is 1. The monoisotopic (exact) mass is 348 g/mol. The van der Waals surface area contributed by atoms with Crippen molar-refractivity contribution >= 4 is 11.6 Å². The summed E-state index contributed by atoms with van der Waals surface area (Å²) in [4.78, 5) is 8.85. The molecule has 0 saturated carbocycles. The molecule has 1 heterocycles. The molecular formula is C19H32N4O2. The summed E-state index contributed by atoms with van der Waals surface area (Å²) in [5, 5.41) is 13.4. The topological polar surface area (TPSA) is 60.3 Å². The van der Waals surface area contributed by atoms with Gasteiger partial charge in [0, 0.05) is 46.4 Å². The van der Waals surface area contributed by atoms with Crippen LogP contribution in [-0.4, -0.2) is 69.0 Å². The summed E-state index contributed by atoms with van der Waals surface area (Å²) in [6.45, 7) is 10.2. The molecule has 6 heteroatoms. The van der Waals surface area contributed by atoms with E-state index in [0.29, 0.717) is 18.3 Å². The van der Waals surface area contributed by atoms with Crippen molar-refractivity contribution in [1.29, 1.82) is 0 Å². The molecule has 1 fully saturated rings. The molecule has 1 saturated heterocycles. The predicted octanol–water partition coefficient (Wildman–Crippen LogP) is 2.15. The number of nitrogens with one attached hydrogen (secondary N) is 1. The number of hydrogen-bond donors (Lipinski definition) is 2. The van der Waals surface area contributed by atoms with E-state index in [1.807, 2.05) is 25.2 Å². The zero-order valence-corrected chi connectivity index (χ0v) is 15.7. The second-order valence-electron chi connectivity index (χ2n) is 6.73. The van der Waals surface area contributed by atoms with Gasteiger partial charge in [-0.05, 0) is 24.5 Å². The Labute approximate surface area is 151 Å². The number of para-hydroxylation sites is 2. The summed E-state index contributed by atoms with van der Waals surface area (Å²) in [5.74, 6) is 1.95. The second-order valence-corrected chi connectivity index (χ2v) is 6.73. The minimum Gasteiger partial charge on any atom is -0.506 e. The van der Waals surface area contributed by atoms with E-state index in [9.17, 15) is 5.11 Å². The molecular weight excluding hydrogens is 316 g/mol. The Kier molecular flexibility index (Phi) is 7.85. The molecule has 2 rings (SSSR count). The molecule has 0 unspecified atom stereocenters. The Bertz CT molecular complexity index is 540. The van der Waals surface area contributed by atoms with Gasteiger partial charge in [-0.1, -0.05) is 26.0 Å². The van der Waals surface area contributed by atoms with E-state index < -0.39 is 0 Å². The number of rotatable bonds is 7. The fourth-order valence-corrected chi connectivity index (χ4v) is 2.88. The van der Waals surface area contributed by atoms with Gasteiger partial charge in [0.1, 0.15) is 5.75 Å². The van der Waals surface area contributed by atoms with Crippen LogP contribution in [0.5, 0.6) is 5.75 Å². The molecule has 25 heavy (non-hydrogen) atoms. The average Bonchev–Trinajstić information content (AvgIpc) is 2.62. The van der Waals surface area contributed by atoms with Crippen molar-refractivity contribution < 1.29 is 9.84 Å². The third-order valence-corrected chi connectivity index (χ3v) is 4.38. The van der Waals surface area contributed by atoms with Crippen LogP contribution in [0.2, 0.25) is 0 Å². The molecule has 0 amide bonds. The van der Waals surface area contributed by atoms with Crippen molar-refractivity contribution in [2.24, 2.45) is 10.9 Å². The van der Waals surface area contributed by atoms with Crippen LogP contribution in [0.3, 0.4) is 0 Å². The number of phenols is 1. The van der Waals surface area contributed by atoms with Gasteiger partial charge < -0.3 is 25.0 Å². The van der Waals surface area contributed by atoms with Crippen LogP contribution in [0.1, 0.15) is 20.3 Å². The molecule has 0 aliphatic carbocycles. The fraction of sp³-hybridized carbons (Fsp3) is 0.632. The van der Waals surface area contributed by atoms with E-state index in [-0.39, 0.29) is 0 Å². The molecule has 140 valence electrons. The van der Waals surface area contributed by atoms with E-state index in [1.165, 1.54) is 0 Å². The molecule has 0 spiro atoms. The van der Waals surface area contributed by atoms with Gasteiger partial charge in [-0.25, -0.2) is 0 Å². The van der Waals surface area contributed by atoms with E-state index in [2.05, 4.69) is 34.0 Å². The van der Waals surface area contributed by atoms with Crippen LogP contribution >= 0.6 is 0 Å². The highest BCUT2D eigenvalue weighted by atomic mass is 16.5. The lowest BCUT2D eigenvalue weighted by Gasteiger charge is -2.37. The molecule has 1 aromatic rings. The van der Waals surface area contributed by atoms with Crippen molar-refractivity contribution in [3.63, 3.8) is 0 Å². The Hall–Kier alpha value is -1.95. The van der Waals surface area contributed by atoms with E-state index >= 15 is 0 Å². The van der Waals surface area contributed by atoms with Gasteiger partial charge in [0.05, 0.1) is 12.3 Å². The maximum atomic E-state index is 10.00. The molecule has 2 N–H and O–H groups in total. The Morgan fingerprint density at radius 3 is 2.56 bits per heavy atom. The number of phenolic OH excluding ortho intramolecular Hbond substituents is 1. The highest BCUT2D eigenvalue weighted by Crippen LogP contribution is 2.27. The molecule has 0 aromatic heterocycles. The smallest absolute Gasteiger partial charge is 0.193 e. The van der Waals surface area contributed by atoms with Gasteiger partial charge in [-0.15, -0.1) is 0 Å². The number of aliphatic imine (C=N–C) groups is 1. The van der Waals surface area contributed by atoms with Crippen molar-refractivity contribution in [3.8, 4) is 5.75 Å². The van der Waals surface area contributed by atoms with Crippen molar-refractivity contribution in [3.05, 3.63) is 24.3 Å². The summed E-state index contributed by atoms with van der Waals surface area (Å²) in [6, 6.07) is 7.51. The third kappa shape index (κ3) is 6.12. The summed E-state index contributed by atoms with van der Waals surface area (Å²) in [6.07, 6.45) is 1.10. The summed E-state index contributed by atoms with van der Waals surface area (Å²) >= 11 is 0. The van der Waals surface area contributed by atoms with Crippen molar-refractivity contribution in [1.82, 2.24) is 10.2 Å². The molecule has 1 aliphatic heterocycles. The standard InChI is InChI=1S/C19H32N4O2/c1-16(2)8-14-25-15-9-21-19(20-3)23-12-10-22(11-13-23)17-6-4-5-7-18(17)24/h4-7,16,24H,8-15H2,1-3H3,(H,20,21). The first kappa shape index (κ1) is 19.4. The van der Waals surface area contributed by atoms with Crippen LogP contribution in [0, 0.1) is 5.92 Å². The van der Waals surface area contributed by atoms with Crippen LogP contribution in [0.4, 0.5) is 5.69 Å². The minimum atomic E-state index is 0.344. The predicted molar refractivity (Wildman–Crippen MR) is 104 cm³/mol. The number of nitrogens with zero attached hydrogens (tertiary/aromatic N) is 3. The summed E-state index contributed by atoms with van der Waals surface area (Å²) in [5.41, 5.74) is 0.906. The zero-order valence-electron chi connectivity index (χ0n) is 15.7. The van der Waals surface area contributed by atoms with Gasteiger partial charge in [0.15, 0.2) is 5.96 Å². The molecule has 0 bridgehead atoms. The van der Waals surface area contributed by atoms with Crippen LogP contribution in [0.25, 0.3) is 0 Å². The van der Waals surface area contributed by atoms with Crippen LogP contribution in [-0.2, 0) is 4.74 Å². The van der Waals surface area contributed by atoms with Crippen LogP contribution < -0.4 is 10.2 Å². The third-order valence-electron chi connectivity index (χ3n) is 4.38. The van der Waals surface area contributed by atoms with Gasteiger partial charge in [-0.3, -0.25) is 4.99 Å². The normalized spacial score (nSPS) is 15.8. The maximum absolute atomic E-state index is 10.00. The van der Waals surface area contributed by atoms with Gasteiger partial charge >= 0.3 is 0 Å². The number of benzene rings is 1. The number of guanidine groups is 1. The number of anilines is 1. The molecule has 0 atom stereocenters. The van der Waals surface area contributed by atoms with E-state index in [0.717, 1.165) is 57.4 Å². The first-order chi connectivity index (χ1) is 12.1. The lowest BCUT2D eigenvalue weighted by atomic mass is 10.1. The van der Waals surface area contributed by atoms with Crippen molar-refractivity contribution in [2.45, 2.75) is 20.3 Å². The van der Waals surface area contributed by atoms with Gasteiger partial charge in [-0.2, -0.15) is 0 Å². The van der Waals surface area contributed by atoms with E-state index in [4.69, 9.17) is 4.74 Å². The number of aromatic hydroxyl groups is 1. The average molecular weight is 348 g/mol. The molecule has 6 nitrogen and oxygen atoms in total. The van der Waals surface area contributed by atoms with Crippen molar-refractivity contribution in [2.75, 3.05) is 57.9 Å². The Balaban J connectivity index is 1.72. The lowest BCUT2D eigenvalue weighted by Crippen LogP contribution is -2.53. The van der Waals surface area contributed by atoms with Gasteiger partial charge in [0.2, 0.25) is 0 Å². The lowest BCUT2D eigenvalue weighted by molar-refractivity contribution is 0.127. The highest BCUT2D eigenvalue weighted by Gasteiger charge is 2.21.